The summed E-state index contributed by atoms with van der Waals surface area (Å²) >= 11 is 0. The molecule has 2 heteroatoms. The summed E-state index contributed by atoms with van der Waals surface area (Å²) in [6.45, 7) is 5.34. The lowest BCUT2D eigenvalue weighted by atomic mass is 9.79. The van der Waals surface area contributed by atoms with Crippen molar-refractivity contribution in [3.63, 3.8) is 0 Å². The van der Waals surface area contributed by atoms with Crippen LogP contribution < -0.4 is 5.32 Å². The van der Waals surface area contributed by atoms with E-state index >= 15 is 0 Å². The fourth-order valence-corrected chi connectivity index (χ4v) is 2.64. The highest BCUT2D eigenvalue weighted by Gasteiger charge is 2.19. The molecule has 2 nitrogen and oxygen atoms in total. The van der Waals surface area contributed by atoms with Gasteiger partial charge in [0.25, 0.3) is 0 Å². The monoisotopic (exact) mass is 213 g/mol. The van der Waals surface area contributed by atoms with Crippen molar-refractivity contribution in [1.82, 2.24) is 5.32 Å². The zero-order chi connectivity index (χ0) is 10.9. The van der Waals surface area contributed by atoms with Crippen LogP contribution >= 0.6 is 0 Å². The van der Waals surface area contributed by atoms with Crippen molar-refractivity contribution in [2.75, 3.05) is 26.8 Å². The molecule has 0 aromatic rings. The molecular weight excluding hydrogens is 186 g/mol. The zero-order valence-corrected chi connectivity index (χ0v) is 10.4. The largest absolute Gasteiger partial charge is 0.383 e. The first kappa shape index (κ1) is 13.0. The summed E-state index contributed by atoms with van der Waals surface area (Å²) in [4.78, 5) is 0. The molecule has 2 atom stereocenters. The van der Waals surface area contributed by atoms with Crippen molar-refractivity contribution in [3.8, 4) is 0 Å². The minimum absolute atomic E-state index is 0.836. The lowest BCUT2D eigenvalue weighted by Gasteiger charge is -2.28. The van der Waals surface area contributed by atoms with Crippen LogP contribution in [0.5, 0.6) is 0 Å². The van der Waals surface area contributed by atoms with E-state index in [2.05, 4.69) is 12.2 Å². The Morgan fingerprint density at radius 3 is 2.73 bits per heavy atom. The molecule has 1 aliphatic rings. The predicted molar refractivity (Wildman–Crippen MR) is 65.1 cm³/mol. The average molecular weight is 213 g/mol. The van der Waals surface area contributed by atoms with Gasteiger partial charge in [-0.05, 0) is 31.2 Å². The molecule has 0 bridgehead atoms. The third-order valence-electron chi connectivity index (χ3n) is 3.68. The van der Waals surface area contributed by atoms with Crippen molar-refractivity contribution in [2.24, 2.45) is 11.8 Å². The van der Waals surface area contributed by atoms with Crippen LogP contribution in [0.3, 0.4) is 0 Å². The van der Waals surface area contributed by atoms with E-state index in [-0.39, 0.29) is 0 Å². The van der Waals surface area contributed by atoms with E-state index in [1.165, 1.54) is 45.1 Å². The highest BCUT2D eigenvalue weighted by atomic mass is 16.5. The first-order chi connectivity index (χ1) is 7.36. The van der Waals surface area contributed by atoms with Gasteiger partial charge in [0, 0.05) is 13.7 Å². The first-order valence-electron chi connectivity index (χ1n) is 6.56. The lowest BCUT2D eigenvalue weighted by Crippen LogP contribution is -2.24. The van der Waals surface area contributed by atoms with Crippen molar-refractivity contribution in [2.45, 2.75) is 45.4 Å². The number of ether oxygens (including phenoxy) is 1. The summed E-state index contributed by atoms with van der Waals surface area (Å²) in [5.74, 6) is 2.00. The Morgan fingerprint density at radius 2 is 2.00 bits per heavy atom. The van der Waals surface area contributed by atoms with Crippen molar-refractivity contribution in [3.05, 3.63) is 0 Å². The summed E-state index contributed by atoms with van der Waals surface area (Å²) in [5, 5.41) is 3.44. The quantitative estimate of drug-likeness (QED) is 0.657. The molecule has 0 heterocycles. The fraction of sp³-hybridized carbons (Fsp3) is 1.00. The van der Waals surface area contributed by atoms with Gasteiger partial charge in [0.15, 0.2) is 0 Å². The standard InChI is InChI=1S/C13H27NO/c1-3-12-5-4-6-13(11-12)7-8-14-9-10-15-2/h12-14H,3-11H2,1-2H3. The molecule has 0 radical (unpaired) electrons. The summed E-state index contributed by atoms with van der Waals surface area (Å²) in [6.07, 6.45) is 8.62. The molecule has 2 unspecified atom stereocenters. The van der Waals surface area contributed by atoms with E-state index in [9.17, 15) is 0 Å². The maximum atomic E-state index is 5.01. The number of nitrogens with one attached hydrogen (secondary N) is 1. The van der Waals surface area contributed by atoms with Gasteiger partial charge in [0.05, 0.1) is 6.61 Å². The van der Waals surface area contributed by atoms with E-state index in [0.29, 0.717) is 0 Å². The molecule has 1 rings (SSSR count). The van der Waals surface area contributed by atoms with Gasteiger partial charge in [-0.3, -0.25) is 0 Å². The summed E-state index contributed by atoms with van der Waals surface area (Å²) in [7, 11) is 1.76. The van der Waals surface area contributed by atoms with Gasteiger partial charge in [-0.1, -0.05) is 32.6 Å². The second kappa shape index (κ2) is 8.12. The molecular formula is C13H27NO. The van der Waals surface area contributed by atoms with Gasteiger partial charge in [0.2, 0.25) is 0 Å². The second-order valence-electron chi connectivity index (χ2n) is 4.84. The van der Waals surface area contributed by atoms with Gasteiger partial charge in [-0.25, -0.2) is 0 Å². The molecule has 0 aromatic heterocycles. The van der Waals surface area contributed by atoms with E-state index in [0.717, 1.165) is 25.0 Å². The van der Waals surface area contributed by atoms with Crippen LogP contribution in [0.2, 0.25) is 0 Å². The number of methoxy groups -OCH3 is 1. The average Bonchev–Trinajstić information content (AvgIpc) is 2.29. The molecule has 0 aromatic carbocycles. The van der Waals surface area contributed by atoms with E-state index < -0.39 is 0 Å². The van der Waals surface area contributed by atoms with Gasteiger partial charge < -0.3 is 10.1 Å². The minimum atomic E-state index is 0.836. The molecule has 15 heavy (non-hydrogen) atoms. The van der Waals surface area contributed by atoms with Gasteiger partial charge in [-0.15, -0.1) is 0 Å². The normalized spacial score (nSPS) is 26.8. The molecule has 0 saturated heterocycles. The Kier molecular flexibility index (Phi) is 7.03. The summed E-state index contributed by atoms with van der Waals surface area (Å²) < 4.78 is 5.01. The van der Waals surface area contributed by atoms with E-state index in [1.807, 2.05) is 0 Å². The molecule has 0 aliphatic heterocycles. The summed E-state index contributed by atoms with van der Waals surface area (Å²) in [5.41, 5.74) is 0. The van der Waals surface area contributed by atoms with Crippen LogP contribution in [0.15, 0.2) is 0 Å². The van der Waals surface area contributed by atoms with Crippen molar-refractivity contribution < 1.29 is 4.74 Å². The first-order valence-corrected chi connectivity index (χ1v) is 6.56. The SMILES string of the molecule is CCC1CCCC(CCNCCOC)C1. The minimum Gasteiger partial charge on any atom is -0.383 e. The van der Waals surface area contributed by atoms with Crippen LogP contribution in [-0.4, -0.2) is 26.8 Å². The summed E-state index contributed by atoms with van der Waals surface area (Å²) in [6, 6.07) is 0. The predicted octanol–water partition coefficient (Wildman–Crippen LogP) is 2.83. The topological polar surface area (TPSA) is 21.3 Å². The van der Waals surface area contributed by atoms with E-state index in [1.54, 1.807) is 7.11 Å². The Morgan fingerprint density at radius 1 is 1.20 bits per heavy atom. The third-order valence-corrected chi connectivity index (χ3v) is 3.68. The van der Waals surface area contributed by atoms with Crippen molar-refractivity contribution in [1.29, 1.82) is 0 Å². The molecule has 1 saturated carbocycles. The third kappa shape index (κ3) is 5.53. The molecule has 0 spiro atoms. The number of hydrogen-bond acceptors (Lipinski definition) is 2. The fourth-order valence-electron chi connectivity index (χ4n) is 2.64. The Hall–Kier alpha value is -0.0800. The molecule has 1 N–H and O–H groups in total. The second-order valence-corrected chi connectivity index (χ2v) is 4.84. The van der Waals surface area contributed by atoms with E-state index in [4.69, 9.17) is 4.74 Å². The van der Waals surface area contributed by atoms with Crippen LogP contribution in [0.1, 0.15) is 45.4 Å². The van der Waals surface area contributed by atoms with Gasteiger partial charge >= 0.3 is 0 Å². The van der Waals surface area contributed by atoms with Gasteiger partial charge in [-0.2, -0.15) is 0 Å². The number of hydrogen-bond donors (Lipinski definition) is 1. The van der Waals surface area contributed by atoms with Crippen LogP contribution in [0.25, 0.3) is 0 Å². The smallest absolute Gasteiger partial charge is 0.0587 e. The van der Waals surface area contributed by atoms with Crippen LogP contribution in [-0.2, 0) is 4.74 Å². The molecule has 1 aliphatic carbocycles. The Balaban J connectivity index is 2.00. The highest BCUT2D eigenvalue weighted by Crippen LogP contribution is 2.32. The molecule has 1 fully saturated rings. The number of rotatable bonds is 7. The Labute approximate surface area is 94.8 Å². The molecule has 90 valence electrons. The Bertz CT molecular complexity index is 149. The van der Waals surface area contributed by atoms with Crippen molar-refractivity contribution >= 4 is 0 Å². The lowest BCUT2D eigenvalue weighted by molar-refractivity contribution is 0.196. The van der Waals surface area contributed by atoms with Crippen LogP contribution in [0, 0.1) is 11.8 Å². The molecule has 0 amide bonds. The maximum Gasteiger partial charge on any atom is 0.0587 e. The maximum absolute atomic E-state index is 5.01. The highest BCUT2D eigenvalue weighted by molar-refractivity contribution is 4.72. The zero-order valence-electron chi connectivity index (χ0n) is 10.4. The van der Waals surface area contributed by atoms with Crippen LogP contribution in [0.4, 0.5) is 0 Å². The van der Waals surface area contributed by atoms with Gasteiger partial charge in [0.1, 0.15) is 0 Å².